The topological polar surface area (TPSA) is 37.6 Å². The number of hydrogen-bond donors (Lipinski definition) is 0. The lowest BCUT2D eigenvalue weighted by Crippen LogP contribution is -2.21. The fraction of sp³-hybridized carbons (Fsp3) is 0.467. The van der Waals surface area contributed by atoms with E-state index >= 15 is 0 Å². The van der Waals surface area contributed by atoms with Crippen LogP contribution in [0.5, 0.6) is 0 Å². The molecule has 0 spiro atoms. The summed E-state index contributed by atoms with van der Waals surface area (Å²) in [5, 5.41) is 4.20. The Balaban J connectivity index is 1.86. The molecular weight excluding hydrogens is 238 g/mol. The maximum absolute atomic E-state index is 10.7. The maximum Gasteiger partial charge on any atom is 0.108 e. The van der Waals surface area contributed by atoms with Gasteiger partial charge in [0.1, 0.15) is 5.69 Å². The van der Waals surface area contributed by atoms with Gasteiger partial charge >= 0.3 is 0 Å². The highest BCUT2D eigenvalue weighted by Gasteiger charge is 2.13. The third-order valence-electron chi connectivity index (χ3n) is 4.06. The average molecular weight is 257 g/mol. The highest BCUT2D eigenvalue weighted by atomic mass is 16.3. The zero-order valence-corrected chi connectivity index (χ0v) is 11.3. The average Bonchev–Trinajstić information content (AvgIpc) is 3.05. The number of likely N-dealkylation sites (tertiary alicyclic amines) is 1. The summed E-state index contributed by atoms with van der Waals surface area (Å²) in [5.74, 6) is 0. The molecule has 1 saturated heterocycles. The van der Waals surface area contributed by atoms with Gasteiger partial charge in [-0.2, -0.15) is 0 Å². The van der Waals surface area contributed by atoms with Crippen molar-refractivity contribution in [2.45, 2.75) is 19.3 Å². The molecule has 3 rings (SSSR count). The van der Waals surface area contributed by atoms with Crippen LogP contribution in [0.15, 0.2) is 29.6 Å². The van der Waals surface area contributed by atoms with Crippen LogP contribution in [0.2, 0.25) is 0 Å². The van der Waals surface area contributed by atoms with Crippen LogP contribution in [-0.2, 0) is 13.5 Å². The molecule has 2 aromatic rings. The zero-order chi connectivity index (χ0) is 13.2. The van der Waals surface area contributed by atoms with E-state index in [-0.39, 0.29) is 0 Å². The van der Waals surface area contributed by atoms with Gasteiger partial charge in [0, 0.05) is 30.7 Å². The Morgan fingerprint density at radius 2 is 2.05 bits per heavy atom. The minimum absolute atomic E-state index is 0.515. The standard InChI is InChI=1S/C15H19N3O/c1-17-11-12(6-9-18-7-2-3-8-18)14-10-13(16-19)4-5-15(14)17/h4-5,10-11H,2-3,6-9H2,1H3. The van der Waals surface area contributed by atoms with Crippen LogP contribution < -0.4 is 0 Å². The van der Waals surface area contributed by atoms with Crippen molar-refractivity contribution in [1.82, 2.24) is 9.47 Å². The van der Waals surface area contributed by atoms with E-state index in [0.29, 0.717) is 5.69 Å². The monoisotopic (exact) mass is 257 g/mol. The van der Waals surface area contributed by atoms with Crippen LogP contribution in [0.4, 0.5) is 5.69 Å². The summed E-state index contributed by atoms with van der Waals surface area (Å²) in [6, 6.07) is 5.66. The number of rotatable bonds is 4. The second-order valence-electron chi connectivity index (χ2n) is 5.36. The number of nitrogens with zero attached hydrogens (tertiary/aromatic N) is 3. The van der Waals surface area contributed by atoms with E-state index in [0.717, 1.165) is 13.0 Å². The fourth-order valence-corrected chi connectivity index (χ4v) is 3.00. The summed E-state index contributed by atoms with van der Waals surface area (Å²) in [6.07, 6.45) is 5.87. The lowest BCUT2D eigenvalue weighted by molar-refractivity contribution is 0.344. The lowest BCUT2D eigenvalue weighted by atomic mass is 10.1. The van der Waals surface area contributed by atoms with Crippen LogP contribution in [0.3, 0.4) is 0 Å². The van der Waals surface area contributed by atoms with Crippen molar-refractivity contribution in [1.29, 1.82) is 0 Å². The van der Waals surface area contributed by atoms with E-state index in [4.69, 9.17) is 0 Å². The van der Waals surface area contributed by atoms with Crippen LogP contribution in [0.1, 0.15) is 18.4 Å². The molecule has 1 aromatic heterocycles. The molecule has 0 aliphatic carbocycles. The molecule has 0 radical (unpaired) electrons. The van der Waals surface area contributed by atoms with Gasteiger partial charge in [0.15, 0.2) is 0 Å². The van der Waals surface area contributed by atoms with E-state index in [1.165, 1.54) is 42.4 Å². The molecule has 19 heavy (non-hydrogen) atoms. The van der Waals surface area contributed by atoms with Gasteiger partial charge in [-0.25, -0.2) is 0 Å². The van der Waals surface area contributed by atoms with Gasteiger partial charge in [0.05, 0.1) is 0 Å². The molecule has 0 bridgehead atoms. The maximum atomic E-state index is 10.7. The molecule has 0 atom stereocenters. The Morgan fingerprint density at radius 1 is 1.26 bits per heavy atom. The normalized spacial score (nSPS) is 16.3. The summed E-state index contributed by atoms with van der Waals surface area (Å²) in [4.78, 5) is 13.2. The van der Waals surface area contributed by atoms with Crippen LogP contribution in [0.25, 0.3) is 10.9 Å². The molecule has 4 nitrogen and oxygen atoms in total. The summed E-state index contributed by atoms with van der Waals surface area (Å²) in [6.45, 7) is 3.57. The van der Waals surface area contributed by atoms with Gasteiger partial charge in [-0.1, -0.05) is 0 Å². The highest BCUT2D eigenvalue weighted by molar-refractivity contribution is 5.86. The van der Waals surface area contributed by atoms with Gasteiger partial charge in [0.25, 0.3) is 0 Å². The van der Waals surface area contributed by atoms with Crippen LogP contribution in [0, 0.1) is 4.91 Å². The van der Waals surface area contributed by atoms with Crippen molar-refractivity contribution in [3.05, 3.63) is 34.9 Å². The Morgan fingerprint density at radius 3 is 2.79 bits per heavy atom. The molecule has 4 heteroatoms. The zero-order valence-electron chi connectivity index (χ0n) is 11.3. The number of nitroso groups, excluding NO2 is 1. The summed E-state index contributed by atoms with van der Waals surface area (Å²) in [5.41, 5.74) is 3.00. The number of aromatic nitrogens is 1. The molecule has 1 aromatic carbocycles. The van der Waals surface area contributed by atoms with Crippen LogP contribution in [-0.4, -0.2) is 29.1 Å². The van der Waals surface area contributed by atoms with Crippen molar-refractivity contribution in [2.75, 3.05) is 19.6 Å². The van der Waals surface area contributed by atoms with Gasteiger partial charge in [-0.3, -0.25) is 0 Å². The van der Waals surface area contributed by atoms with Gasteiger partial charge in [-0.05, 0) is 61.3 Å². The second-order valence-corrected chi connectivity index (χ2v) is 5.36. The summed E-state index contributed by atoms with van der Waals surface area (Å²) < 4.78 is 2.13. The molecule has 1 aliphatic rings. The first-order valence-corrected chi connectivity index (χ1v) is 6.91. The Labute approximate surface area is 113 Å². The van der Waals surface area contributed by atoms with E-state index in [9.17, 15) is 4.91 Å². The van der Waals surface area contributed by atoms with E-state index in [2.05, 4.69) is 27.9 Å². The smallest absolute Gasteiger partial charge is 0.108 e. The van der Waals surface area contributed by atoms with E-state index in [1.54, 1.807) is 6.07 Å². The molecule has 100 valence electrons. The largest absolute Gasteiger partial charge is 0.350 e. The van der Waals surface area contributed by atoms with Crippen molar-refractivity contribution in [2.24, 2.45) is 12.2 Å². The molecule has 0 saturated carbocycles. The highest BCUT2D eigenvalue weighted by Crippen LogP contribution is 2.26. The molecule has 0 amide bonds. The van der Waals surface area contributed by atoms with Gasteiger partial charge in [0.2, 0.25) is 0 Å². The first-order chi connectivity index (χ1) is 9.28. The van der Waals surface area contributed by atoms with Crippen LogP contribution >= 0.6 is 0 Å². The Bertz CT molecular complexity index is 597. The quantitative estimate of drug-likeness (QED) is 0.789. The SMILES string of the molecule is Cn1cc(CCN2CCCC2)c2cc(N=O)ccc21. The predicted molar refractivity (Wildman–Crippen MR) is 77.8 cm³/mol. The molecule has 0 N–H and O–H groups in total. The van der Waals surface area contributed by atoms with Crippen molar-refractivity contribution >= 4 is 16.6 Å². The fourth-order valence-electron chi connectivity index (χ4n) is 3.00. The third-order valence-corrected chi connectivity index (χ3v) is 4.06. The number of hydrogen-bond acceptors (Lipinski definition) is 3. The molecule has 1 fully saturated rings. The molecule has 2 heterocycles. The number of aryl methyl sites for hydroxylation is 1. The van der Waals surface area contributed by atoms with Crippen molar-refractivity contribution in [3.63, 3.8) is 0 Å². The Kier molecular flexibility index (Phi) is 3.34. The first kappa shape index (κ1) is 12.4. The number of fused-ring (bicyclic) bond motifs is 1. The second kappa shape index (κ2) is 5.13. The Hall–Kier alpha value is -1.68. The third kappa shape index (κ3) is 2.40. The lowest BCUT2D eigenvalue weighted by Gasteiger charge is -2.13. The predicted octanol–water partition coefficient (Wildman–Crippen LogP) is 3.21. The minimum atomic E-state index is 0.515. The summed E-state index contributed by atoms with van der Waals surface area (Å²) in [7, 11) is 2.05. The summed E-state index contributed by atoms with van der Waals surface area (Å²) >= 11 is 0. The number of benzene rings is 1. The van der Waals surface area contributed by atoms with E-state index < -0.39 is 0 Å². The van der Waals surface area contributed by atoms with Gasteiger partial charge in [-0.15, -0.1) is 4.91 Å². The van der Waals surface area contributed by atoms with Crippen molar-refractivity contribution < 1.29 is 0 Å². The van der Waals surface area contributed by atoms with Crippen molar-refractivity contribution in [3.8, 4) is 0 Å². The van der Waals surface area contributed by atoms with Gasteiger partial charge < -0.3 is 9.47 Å². The first-order valence-electron chi connectivity index (χ1n) is 6.91. The molecule has 0 unspecified atom stereocenters. The molecule has 1 aliphatic heterocycles. The minimum Gasteiger partial charge on any atom is -0.350 e. The van der Waals surface area contributed by atoms with E-state index in [1.807, 2.05) is 12.1 Å². The molecular formula is C15H19N3O.